The number of ether oxygens (including phenoxy) is 1. The van der Waals surface area contributed by atoms with Crippen LogP contribution in [0, 0.1) is 0 Å². The van der Waals surface area contributed by atoms with Gasteiger partial charge in [0.2, 0.25) is 21.8 Å². The Bertz CT molecular complexity index is 1060. The summed E-state index contributed by atoms with van der Waals surface area (Å²) < 4.78 is 32.5. The van der Waals surface area contributed by atoms with E-state index in [0.29, 0.717) is 24.6 Å². The van der Waals surface area contributed by atoms with Crippen molar-refractivity contribution in [3.63, 3.8) is 0 Å². The number of carbonyl (C=O) groups excluding carboxylic acids is 2. The Hall–Kier alpha value is -2.59. The van der Waals surface area contributed by atoms with Gasteiger partial charge >= 0.3 is 0 Å². The van der Waals surface area contributed by atoms with Crippen LogP contribution in [-0.2, 0) is 26.2 Å². The normalized spacial score (nSPS) is 12.0. The van der Waals surface area contributed by atoms with E-state index < -0.39 is 28.5 Å². The first kappa shape index (κ1) is 27.7. The Morgan fingerprint density at radius 1 is 1.06 bits per heavy atom. The number of amides is 2. The predicted octanol–water partition coefficient (Wildman–Crippen LogP) is 3.56. The third-order valence-corrected chi connectivity index (χ3v) is 6.77. The molecular formula is C24H32BrN3O5S. The van der Waals surface area contributed by atoms with Gasteiger partial charge in [-0.1, -0.05) is 35.0 Å². The fourth-order valence-corrected chi connectivity index (χ4v) is 4.37. The third-order valence-electron chi connectivity index (χ3n) is 5.10. The number of hydrogen-bond donors (Lipinski definition) is 1. The molecule has 0 saturated carbocycles. The Morgan fingerprint density at radius 2 is 1.68 bits per heavy atom. The van der Waals surface area contributed by atoms with Gasteiger partial charge in [-0.15, -0.1) is 0 Å². The lowest BCUT2D eigenvalue weighted by Crippen LogP contribution is -2.51. The van der Waals surface area contributed by atoms with Crippen molar-refractivity contribution >= 4 is 43.5 Å². The van der Waals surface area contributed by atoms with E-state index in [1.54, 1.807) is 31.2 Å². The molecule has 2 rings (SSSR count). The SMILES string of the molecule is CCCNC(=O)C(C)N(Cc1ccc(Br)cc1)C(=O)CN(c1ccc(OCC)cc1)S(C)(=O)=O. The van der Waals surface area contributed by atoms with Crippen molar-refractivity contribution in [1.82, 2.24) is 10.2 Å². The Morgan fingerprint density at radius 3 is 2.21 bits per heavy atom. The van der Waals surface area contributed by atoms with Crippen molar-refractivity contribution in [2.75, 3.05) is 30.3 Å². The predicted molar refractivity (Wildman–Crippen MR) is 137 cm³/mol. The van der Waals surface area contributed by atoms with Crippen LogP contribution in [0.1, 0.15) is 32.8 Å². The summed E-state index contributed by atoms with van der Waals surface area (Å²) in [6, 6.07) is 13.1. The maximum atomic E-state index is 13.4. The molecule has 0 aliphatic rings. The second-order valence-electron chi connectivity index (χ2n) is 7.81. The summed E-state index contributed by atoms with van der Waals surface area (Å²) in [5, 5.41) is 2.81. The molecule has 2 amide bonds. The number of halogens is 1. The summed E-state index contributed by atoms with van der Waals surface area (Å²) >= 11 is 3.39. The van der Waals surface area contributed by atoms with Crippen LogP contribution in [-0.4, -0.2) is 57.1 Å². The minimum atomic E-state index is -3.77. The van der Waals surface area contributed by atoms with Gasteiger partial charge in [0.15, 0.2) is 0 Å². The lowest BCUT2D eigenvalue weighted by atomic mass is 10.1. The zero-order valence-electron chi connectivity index (χ0n) is 20.0. The maximum Gasteiger partial charge on any atom is 0.244 e. The van der Waals surface area contributed by atoms with E-state index in [2.05, 4.69) is 21.2 Å². The number of carbonyl (C=O) groups is 2. The molecular weight excluding hydrogens is 522 g/mol. The molecule has 8 nitrogen and oxygen atoms in total. The lowest BCUT2D eigenvalue weighted by Gasteiger charge is -2.31. The topological polar surface area (TPSA) is 96.0 Å². The monoisotopic (exact) mass is 553 g/mol. The molecule has 0 fully saturated rings. The number of anilines is 1. The van der Waals surface area contributed by atoms with E-state index in [0.717, 1.165) is 27.0 Å². The number of hydrogen-bond acceptors (Lipinski definition) is 5. The van der Waals surface area contributed by atoms with E-state index in [1.807, 2.05) is 38.1 Å². The Labute approximate surface area is 210 Å². The summed E-state index contributed by atoms with van der Waals surface area (Å²) in [6.45, 7) is 6.14. The molecule has 0 aliphatic heterocycles. The highest BCUT2D eigenvalue weighted by Crippen LogP contribution is 2.23. The van der Waals surface area contributed by atoms with Gasteiger partial charge in [-0.05, 0) is 62.2 Å². The van der Waals surface area contributed by atoms with Crippen molar-refractivity contribution in [1.29, 1.82) is 0 Å². The molecule has 2 aromatic rings. The zero-order valence-corrected chi connectivity index (χ0v) is 22.4. The van der Waals surface area contributed by atoms with Crippen molar-refractivity contribution < 1.29 is 22.7 Å². The van der Waals surface area contributed by atoms with Gasteiger partial charge in [0.05, 0.1) is 18.6 Å². The third kappa shape index (κ3) is 8.02. The van der Waals surface area contributed by atoms with Crippen molar-refractivity contribution in [3.8, 4) is 5.75 Å². The number of rotatable bonds is 12. The van der Waals surface area contributed by atoms with Gasteiger partial charge in [0.1, 0.15) is 18.3 Å². The summed E-state index contributed by atoms with van der Waals surface area (Å²) in [5.41, 5.74) is 1.16. The van der Waals surface area contributed by atoms with Crippen LogP contribution < -0.4 is 14.4 Å². The lowest BCUT2D eigenvalue weighted by molar-refractivity contribution is -0.139. The average Bonchev–Trinajstić information content (AvgIpc) is 2.80. The first-order valence-corrected chi connectivity index (χ1v) is 13.7. The largest absolute Gasteiger partial charge is 0.494 e. The number of benzene rings is 2. The molecule has 34 heavy (non-hydrogen) atoms. The number of nitrogens with zero attached hydrogens (tertiary/aromatic N) is 2. The molecule has 186 valence electrons. The molecule has 10 heteroatoms. The highest BCUT2D eigenvalue weighted by Gasteiger charge is 2.30. The first-order chi connectivity index (χ1) is 16.1. The first-order valence-electron chi connectivity index (χ1n) is 11.1. The maximum absolute atomic E-state index is 13.4. The molecule has 1 atom stereocenters. The molecule has 0 bridgehead atoms. The highest BCUT2D eigenvalue weighted by molar-refractivity contribution is 9.10. The highest BCUT2D eigenvalue weighted by atomic mass is 79.9. The van der Waals surface area contributed by atoms with Crippen LogP contribution in [0.15, 0.2) is 53.0 Å². The smallest absolute Gasteiger partial charge is 0.244 e. The zero-order chi connectivity index (χ0) is 25.3. The van der Waals surface area contributed by atoms with E-state index in [1.165, 1.54) is 4.90 Å². The van der Waals surface area contributed by atoms with Crippen LogP contribution >= 0.6 is 15.9 Å². The van der Waals surface area contributed by atoms with Crippen LogP contribution in [0.3, 0.4) is 0 Å². The van der Waals surface area contributed by atoms with Crippen molar-refractivity contribution in [3.05, 3.63) is 58.6 Å². The molecule has 0 aromatic heterocycles. The minimum absolute atomic E-state index is 0.160. The Balaban J connectivity index is 2.33. The summed E-state index contributed by atoms with van der Waals surface area (Å²) in [5.74, 6) is -0.176. The van der Waals surface area contributed by atoms with Crippen LogP contribution in [0.2, 0.25) is 0 Å². The molecule has 0 radical (unpaired) electrons. The standard InChI is InChI=1S/C24H32BrN3O5S/c1-5-15-26-24(30)18(3)27(16-19-7-9-20(25)10-8-19)23(29)17-28(34(4,31)32)21-11-13-22(14-12-21)33-6-2/h7-14,18H,5-6,15-17H2,1-4H3,(H,26,30). The molecule has 0 saturated heterocycles. The van der Waals surface area contributed by atoms with Gasteiger partial charge in [0.25, 0.3) is 0 Å². The van der Waals surface area contributed by atoms with Crippen molar-refractivity contribution in [2.24, 2.45) is 0 Å². The van der Waals surface area contributed by atoms with E-state index in [4.69, 9.17) is 4.74 Å². The van der Waals surface area contributed by atoms with Gasteiger partial charge in [-0.25, -0.2) is 8.42 Å². The summed E-state index contributed by atoms with van der Waals surface area (Å²) in [6.07, 6.45) is 1.81. The van der Waals surface area contributed by atoms with Gasteiger partial charge < -0.3 is 15.0 Å². The molecule has 0 spiro atoms. The summed E-state index contributed by atoms with van der Waals surface area (Å²) in [7, 11) is -3.77. The molecule has 1 N–H and O–H groups in total. The second kappa shape index (κ2) is 12.8. The number of sulfonamides is 1. The van der Waals surface area contributed by atoms with Gasteiger partial charge in [-0.2, -0.15) is 0 Å². The van der Waals surface area contributed by atoms with Gasteiger partial charge in [0, 0.05) is 17.6 Å². The van der Waals surface area contributed by atoms with E-state index in [9.17, 15) is 18.0 Å². The Kier molecular flexibility index (Phi) is 10.4. The average molecular weight is 555 g/mol. The van der Waals surface area contributed by atoms with Crippen molar-refractivity contribution in [2.45, 2.75) is 39.8 Å². The molecule has 2 aromatic carbocycles. The van der Waals surface area contributed by atoms with E-state index in [-0.39, 0.29) is 12.5 Å². The molecule has 0 heterocycles. The van der Waals surface area contributed by atoms with Crippen LogP contribution in [0.4, 0.5) is 5.69 Å². The molecule has 1 unspecified atom stereocenters. The fraction of sp³-hybridized carbons (Fsp3) is 0.417. The molecule has 0 aliphatic carbocycles. The van der Waals surface area contributed by atoms with Gasteiger partial charge in [-0.3, -0.25) is 13.9 Å². The minimum Gasteiger partial charge on any atom is -0.494 e. The number of nitrogens with one attached hydrogen (secondary N) is 1. The quantitative estimate of drug-likeness (QED) is 0.433. The second-order valence-corrected chi connectivity index (χ2v) is 10.6. The summed E-state index contributed by atoms with van der Waals surface area (Å²) in [4.78, 5) is 27.5. The van der Waals surface area contributed by atoms with Crippen LogP contribution in [0.5, 0.6) is 5.75 Å². The van der Waals surface area contributed by atoms with Crippen LogP contribution in [0.25, 0.3) is 0 Å². The fourth-order valence-electron chi connectivity index (χ4n) is 3.25. The van der Waals surface area contributed by atoms with E-state index >= 15 is 0 Å².